The van der Waals surface area contributed by atoms with Crippen LogP contribution in [0.1, 0.15) is 23.8 Å². The summed E-state index contributed by atoms with van der Waals surface area (Å²) in [6.45, 7) is 3.22. The maximum atomic E-state index is 11.8. The Balaban J connectivity index is 2.37. The van der Waals surface area contributed by atoms with Crippen LogP contribution < -0.4 is 16.4 Å². The number of nitrogens with two attached hydrogens (primary N) is 1. The number of pyridine rings is 1. The fraction of sp³-hybridized carbons (Fsp3) is 0.462. The summed E-state index contributed by atoms with van der Waals surface area (Å²) in [6, 6.07) is 5.21. The predicted molar refractivity (Wildman–Crippen MR) is 75.4 cm³/mol. The molecule has 1 rings (SSSR count). The normalized spacial score (nSPS) is 10.1. The van der Waals surface area contributed by atoms with Crippen molar-refractivity contribution in [2.75, 3.05) is 31.6 Å². The Morgan fingerprint density at radius 1 is 1.35 bits per heavy atom. The van der Waals surface area contributed by atoms with Crippen LogP contribution in [-0.2, 0) is 9.53 Å². The number of hydrogen-bond donors (Lipinski definition) is 3. The van der Waals surface area contributed by atoms with E-state index in [4.69, 9.17) is 10.5 Å². The molecule has 0 aliphatic carbocycles. The van der Waals surface area contributed by atoms with Crippen LogP contribution in [0.5, 0.6) is 0 Å². The molecule has 2 amide bonds. The van der Waals surface area contributed by atoms with Gasteiger partial charge in [0.25, 0.3) is 5.91 Å². The molecular formula is C13H20N4O3. The summed E-state index contributed by atoms with van der Waals surface area (Å²) in [4.78, 5) is 26.5. The highest BCUT2D eigenvalue weighted by Gasteiger charge is 2.07. The summed E-state index contributed by atoms with van der Waals surface area (Å²) in [7, 11) is 0. The van der Waals surface area contributed by atoms with Crippen molar-refractivity contribution in [1.29, 1.82) is 0 Å². The van der Waals surface area contributed by atoms with Crippen LogP contribution in [0.3, 0.4) is 0 Å². The highest BCUT2D eigenvalue weighted by molar-refractivity contribution is 5.92. The third-order valence-corrected chi connectivity index (χ3v) is 2.31. The Hall–Kier alpha value is -2.15. The Morgan fingerprint density at radius 2 is 2.15 bits per heavy atom. The van der Waals surface area contributed by atoms with Crippen LogP contribution in [0.2, 0.25) is 0 Å². The molecule has 0 fully saturated rings. The van der Waals surface area contributed by atoms with E-state index in [-0.39, 0.29) is 19.1 Å². The molecule has 20 heavy (non-hydrogen) atoms. The smallest absolute Gasteiger partial charge is 0.270 e. The molecule has 0 saturated heterocycles. The number of hydrogen-bond acceptors (Lipinski definition) is 5. The second-order valence-corrected chi connectivity index (χ2v) is 4.11. The summed E-state index contributed by atoms with van der Waals surface area (Å²) < 4.78 is 4.94. The zero-order valence-corrected chi connectivity index (χ0v) is 11.5. The first-order valence-corrected chi connectivity index (χ1v) is 6.48. The van der Waals surface area contributed by atoms with Gasteiger partial charge in [0.15, 0.2) is 0 Å². The maximum absolute atomic E-state index is 11.8. The molecule has 0 atom stereocenters. The van der Waals surface area contributed by atoms with E-state index in [0.29, 0.717) is 18.1 Å². The van der Waals surface area contributed by atoms with E-state index in [2.05, 4.69) is 22.5 Å². The molecule has 1 aromatic heterocycles. The van der Waals surface area contributed by atoms with E-state index in [1.165, 1.54) is 0 Å². The molecule has 0 aliphatic heterocycles. The van der Waals surface area contributed by atoms with E-state index in [1.54, 1.807) is 12.1 Å². The lowest BCUT2D eigenvalue weighted by molar-refractivity contribution is -0.122. The maximum Gasteiger partial charge on any atom is 0.270 e. The van der Waals surface area contributed by atoms with E-state index in [1.807, 2.05) is 6.07 Å². The molecular weight excluding hydrogens is 260 g/mol. The van der Waals surface area contributed by atoms with E-state index < -0.39 is 5.91 Å². The number of nitrogens with one attached hydrogen (secondary N) is 2. The molecule has 0 radical (unpaired) electrons. The number of amides is 2. The number of anilines is 1. The fourth-order valence-electron chi connectivity index (χ4n) is 1.41. The molecule has 7 heteroatoms. The number of carbonyl (C=O) groups is 2. The van der Waals surface area contributed by atoms with Gasteiger partial charge in [-0.15, -0.1) is 0 Å². The molecule has 0 aromatic carbocycles. The van der Waals surface area contributed by atoms with Gasteiger partial charge in [-0.2, -0.15) is 0 Å². The van der Waals surface area contributed by atoms with Crippen LogP contribution in [0.4, 0.5) is 5.82 Å². The average molecular weight is 280 g/mol. The van der Waals surface area contributed by atoms with Gasteiger partial charge in [-0.1, -0.05) is 13.0 Å². The number of carbonyl (C=O) groups excluding carboxylic acids is 2. The number of primary amides is 1. The predicted octanol–water partition coefficient (Wildman–Crippen LogP) is 0.135. The van der Waals surface area contributed by atoms with Gasteiger partial charge in [-0.05, 0) is 18.6 Å². The van der Waals surface area contributed by atoms with E-state index >= 15 is 0 Å². The van der Waals surface area contributed by atoms with Gasteiger partial charge in [0, 0.05) is 13.1 Å². The zero-order chi connectivity index (χ0) is 14.8. The van der Waals surface area contributed by atoms with E-state index in [9.17, 15) is 9.59 Å². The lowest BCUT2D eigenvalue weighted by atomic mass is 10.3. The van der Waals surface area contributed by atoms with Gasteiger partial charge in [0.05, 0.1) is 6.61 Å². The molecule has 1 aromatic rings. The molecule has 0 unspecified atom stereocenters. The Bertz CT molecular complexity index is 451. The monoisotopic (exact) mass is 280 g/mol. The Kier molecular flexibility index (Phi) is 7.05. The second-order valence-electron chi connectivity index (χ2n) is 4.11. The number of nitrogens with zero attached hydrogens (tertiary/aromatic N) is 1. The third kappa shape index (κ3) is 6.14. The first kappa shape index (κ1) is 15.9. The Labute approximate surface area is 117 Å². The first-order valence-electron chi connectivity index (χ1n) is 6.48. The quantitative estimate of drug-likeness (QED) is 0.558. The van der Waals surface area contributed by atoms with Gasteiger partial charge >= 0.3 is 0 Å². The van der Waals surface area contributed by atoms with Gasteiger partial charge in [0.1, 0.15) is 18.1 Å². The largest absolute Gasteiger partial charge is 0.370 e. The standard InChI is InChI=1S/C13H20N4O3/c1-2-6-15-12-5-3-4-10(17-12)13(19)16-7-8-20-9-11(14)18/h3-5H,2,6-9H2,1H3,(H2,14,18)(H,15,17)(H,16,19). The van der Waals surface area contributed by atoms with Crippen molar-refractivity contribution in [2.24, 2.45) is 5.73 Å². The molecule has 1 heterocycles. The summed E-state index contributed by atoms with van der Waals surface area (Å²) in [5, 5.41) is 5.76. The van der Waals surface area contributed by atoms with Crippen LogP contribution >= 0.6 is 0 Å². The molecule has 7 nitrogen and oxygen atoms in total. The SMILES string of the molecule is CCCNc1cccc(C(=O)NCCOCC(N)=O)n1. The van der Waals surface area contributed by atoms with Crippen LogP contribution in [0, 0.1) is 0 Å². The van der Waals surface area contributed by atoms with Crippen molar-refractivity contribution in [1.82, 2.24) is 10.3 Å². The summed E-state index contributed by atoms with van der Waals surface area (Å²) in [5.74, 6) is -0.148. The summed E-state index contributed by atoms with van der Waals surface area (Å²) >= 11 is 0. The highest BCUT2D eigenvalue weighted by Crippen LogP contribution is 2.04. The topological polar surface area (TPSA) is 106 Å². The minimum absolute atomic E-state index is 0.148. The lowest BCUT2D eigenvalue weighted by Gasteiger charge is -2.07. The number of ether oxygens (including phenoxy) is 1. The molecule has 0 bridgehead atoms. The van der Waals surface area contributed by atoms with E-state index in [0.717, 1.165) is 13.0 Å². The molecule has 4 N–H and O–H groups in total. The van der Waals surface area contributed by atoms with Crippen molar-refractivity contribution >= 4 is 17.6 Å². The van der Waals surface area contributed by atoms with Crippen molar-refractivity contribution in [3.8, 4) is 0 Å². The number of aromatic nitrogens is 1. The van der Waals surface area contributed by atoms with Crippen molar-refractivity contribution < 1.29 is 14.3 Å². The van der Waals surface area contributed by atoms with Gasteiger partial charge in [-0.25, -0.2) is 4.98 Å². The minimum Gasteiger partial charge on any atom is -0.370 e. The van der Waals surface area contributed by atoms with Crippen LogP contribution in [0.15, 0.2) is 18.2 Å². The van der Waals surface area contributed by atoms with Gasteiger partial charge < -0.3 is 21.1 Å². The molecule has 110 valence electrons. The molecule has 0 aliphatic rings. The first-order chi connectivity index (χ1) is 9.63. The zero-order valence-electron chi connectivity index (χ0n) is 11.5. The lowest BCUT2D eigenvalue weighted by Crippen LogP contribution is -2.29. The highest BCUT2D eigenvalue weighted by atomic mass is 16.5. The summed E-state index contributed by atoms with van der Waals surface area (Å²) in [6.07, 6.45) is 0.981. The molecule has 0 spiro atoms. The second kappa shape index (κ2) is 8.87. The minimum atomic E-state index is -0.535. The van der Waals surface area contributed by atoms with Gasteiger partial charge in [-0.3, -0.25) is 9.59 Å². The van der Waals surface area contributed by atoms with Gasteiger partial charge in [0.2, 0.25) is 5.91 Å². The average Bonchev–Trinajstić information content (AvgIpc) is 2.44. The fourth-order valence-corrected chi connectivity index (χ4v) is 1.41. The number of rotatable bonds is 9. The Morgan fingerprint density at radius 3 is 2.85 bits per heavy atom. The molecule has 0 saturated carbocycles. The van der Waals surface area contributed by atoms with Crippen LogP contribution in [-0.4, -0.2) is 43.1 Å². The van der Waals surface area contributed by atoms with Crippen molar-refractivity contribution in [2.45, 2.75) is 13.3 Å². The van der Waals surface area contributed by atoms with Crippen LogP contribution in [0.25, 0.3) is 0 Å². The third-order valence-electron chi connectivity index (χ3n) is 2.31. The van der Waals surface area contributed by atoms with Crippen molar-refractivity contribution in [3.63, 3.8) is 0 Å². The van der Waals surface area contributed by atoms with Crippen molar-refractivity contribution in [3.05, 3.63) is 23.9 Å². The summed E-state index contributed by atoms with van der Waals surface area (Å²) in [5.41, 5.74) is 5.25.